The molecular weight excluding hydrogens is 216 g/mol. The van der Waals surface area contributed by atoms with Crippen LogP contribution in [0, 0.1) is 11.5 Å². The van der Waals surface area contributed by atoms with Crippen LogP contribution in [0.4, 0.5) is 0 Å². The second-order valence-electron chi connectivity index (χ2n) is 4.60. The Kier molecular flexibility index (Phi) is 4.60. The normalized spacial score (nSPS) is 10.5. The summed E-state index contributed by atoms with van der Waals surface area (Å²) in [6.45, 7) is 7.04. The number of ether oxygens (including phenoxy) is 1. The summed E-state index contributed by atoms with van der Waals surface area (Å²) in [5.41, 5.74) is 4.32. The maximum Gasteiger partial charge on any atom is 0.129 e. The van der Waals surface area contributed by atoms with Gasteiger partial charge in [-0.3, -0.25) is 0 Å². The van der Waals surface area contributed by atoms with E-state index in [0.29, 0.717) is 6.61 Å². The molecule has 16 heavy (non-hydrogen) atoms. The molecule has 3 heteroatoms. The van der Waals surface area contributed by atoms with Crippen molar-refractivity contribution in [2.75, 3.05) is 13.2 Å². The zero-order valence-electron chi connectivity index (χ0n) is 10.1. The predicted octanol–water partition coefficient (Wildman–Crippen LogP) is 2.29. The molecule has 0 heterocycles. The molecule has 1 aromatic rings. The van der Waals surface area contributed by atoms with Crippen LogP contribution in [0.5, 0.6) is 5.75 Å². The second-order valence-corrected chi connectivity index (χ2v) is 9.35. The molecule has 0 amide bonds. The third-order valence-corrected chi connectivity index (χ3v) is 2.67. The minimum atomic E-state index is -1.30. The Labute approximate surface area is 98.3 Å². The number of benzene rings is 1. The topological polar surface area (TPSA) is 29.5 Å². The molecule has 0 aromatic heterocycles. The average Bonchev–Trinajstić information content (AvgIpc) is 2.24. The van der Waals surface area contributed by atoms with Crippen molar-refractivity contribution in [3.05, 3.63) is 29.8 Å². The summed E-state index contributed by atoms with van der Waals surface area (Å²) in [6.07, 6.45) is 0. The summed E-state index contributed by atoms with van der Waals surface area (Å²) < 4.78 is 5.27. The molecular formula is C13H18O2Si. The van der Waals surface area contributed by atoms with Crippen LogP contribution in [0.15, 0.2) is 24.3 Å². The molecule has 1 rings (SSSR count). The van der Waals surface area contributed by atoms with E-state index in [0.717, 1.165) is 11.3 Å². The van der Waals surface area contributed by atoms with Gasteiger partial charge in [-0.15, -0.1) is 5.54 Å². The molecule has 0 saturated carbocycles. The smallest absolute Gasteiger partial charge is 0.129 e. The summed E-state index contributed by atoms with van der Waals surface area (Å²) in [4.78, 5) is 0. The molecule has 0 aliphatic rings. The lowest BCUT2D eigenvalue weighted by molar-refractivity contribution is 0.201. The van der Waals surface area contributed by atoms with Crippen LogP contribution in [0.3, 0.4) is 0 Å². The lowest BCUT2D eigenvalue weighted by Crippen LogP contribution is -2.16. The van der Waals surface area contributed by atoms with E-state index in [4.69, 9.17) is 9.84 Å². The van der Waals surface area contributed by atoms with Crippen molar-refractivity contribution in [1.82, 2.24) is 0 Å². The highest BCUT2D eigenvalue weighted by molar-refractivity contribution is 6.83. The first kappa shape index (κ1) is 12.8. The molecule has 86 valence electrons. The van der Waals surface area contributed by atoms with E-state index in [1.165, 1.54) is 0 Å². The lowest BCUT2D eigenvalue weighted by Gasteiger charge is -2.04. The third kappa shape index (κ3) is 5.01. The molecule has 0 aliphatic heterocycles. The summed E-state index contributed by atoms with van der Waals surface area (Å²) in [5, 5.41) is 8.61. The number of hydrogen-bond acceptors (Lipinski definition) is 2. The Hall–Kier alpha value is -1.24. The Morgan fingerprint density at radius 2 is 1.81 bits per heavy atom. The van der Waals surface area contributed by atoms with Crippen LogP contribution in [0.1, 0.15) is 5.56 Å². The highest BCUT2D eigenvalue weighted by atomic mass is 28.3. The van der Waals surface area contributed by atoms with Gasteiger partial charge in [-0.05, 0) is 24.3 Å². The molecule has 0 unspecified atom stereocenters. The Balaban J connectivity index is 2.67. The molecule has 2 nitrogen and oxygen atoms in total. The zero-order chi connectivity index (χ0) is 12.0. The second kappa shape index (κ2) is 5.74. The summed E-state index contributed by atoms with van der Waals surface area (Å²) in [5.74, 6) is 3.95. The SMILES string of the molecule is C[Si](C)(C)C#Cc1ccc(OCCO)cc1. The number of aliphatic hydroxyl groups excluding tert-OH is 1. The zero-order valence-corrected chi connectivity index (χ0v) is 11.1. The van der Waals surface area contributed by atoms with Crippen LogP contribution in [0.25, 0.3) is 0 Å². The van der Waals surface area contributed by atoms with E-state index in [-0.39, 0.29) is 6.61 Å². The van der Waals surface area contributed by atoms with Crippen LogP contribution < -0.4 is 4.74 Å². The van der Waals surface area contributed by atoms with Gasteiger partial charge in [0.15, 0.2) is 0 Å². The van der Waals surface area contributed by atoms with Gasteiger partial charge in [0.05, 0.1) is 6.61 Å². The molecule has 1 aromatic carbocycles. The first-order chi connectivity index (χ1) is 7.51. The Bertz CT molecular complexity index is 379. The van der Waals surface area contributed by atoms with Crippen LogP contribution in [-0.4, -0.2) is 26.4 Å². The highest BCUT2D eigenvalue weighted by Gasteiger charge is 2.07. The van der Waals surface area contributed by atoms with Gasteiger partial charge in [0.2, 0.25) is 0 Å². The Morgan fingerprint density at radius 3 is 2.31 bits per heavy atom. The van der Waals surface area contributed by atoms with Crippen molar-refractivity contribution in [1.29, 1.82) is 0 Å². The number of aliphatic hydroxyl groups is 1. The number of rotatable bonds is 3. The molecule has 0 spiro atoms. The molecule has 0 radical (unpaired) electrons. The molecule has 0 bridgehead atoms. The fraction of sp³-hybridized carbons (Fsp3) is 0.385. The molecule has 0 aliphatic carbocycles. The van der Waals surface area contributed by atoms with Gasteiger partial charge in [-0.2, -0.15) is 0 Å². The lowest BCUT2D eigenvalue weighted by atomic mass is 10.2. The van der Waals surface area contributed by atoms with Crippen molar-refractivity contribution in [3.63, 3.8) is 0 Å². The highest BCUT2D eigenvalue weighted by Crippen LogP contribution is 2.11. The molecule has 0 fully saturated rings. The monoisotopic (exact) mass is 234 g/mol. The van der Waals surface area contributed by atoms with Gasteiger partial charge >= 0.3 is 0 Å². The minimum Gasteiger partial charge on any atom is -0.491 e. The molecule has 0 atom stereocenters. The van der Waals surface area contributed by atoms with Crippen molar-refractivity contribution < 1.29 is 9.84 Å². The largest absolute Gasteiger partial charge is 0.491 e. The maximum absolute atomic E-state index is 8.61. The quantitative estimate of drug-likeness (QED) is 0.642. The van der Waals surface area contributed by atoms with Crippen molar-refractivity contribution in [2.24, 2.45) is 0 Å². The van der Waals surface area contributed by atoms with Gasteiger partial charge in [-0.1, -0.05) is 25.6 Å². The van der Waals surface area contributed by atoms with Crippen LogP contribution in [0.2, 0.25) is 19.6 Å². The number of hydrogen-bond donors (Lipinski definition) is 1. The van der Waals surface area contributed by atoms with Crippen molar-refractivity contribution >= 4 is 8.07 Å². The van der Waals surface area contributed by atoms with Crippen molar-refractivity contribution in [2.45, 2.75) is 19.6 Å². The van der Waals surface area contributed by atoms with Gasteiger partial charge in [0, 0.05) is 5.56 Å². The van der Waals surface area contributed by atoms with Gasteiger partial charge < -0.3 is 9.84 Å². The first-order valence-electron chi connectivity index (χ1n) is 5.38. The maximum atomic E-state index is 8.61. The first-order valence-corrected chi connectivity index (χ1v) is 8.88. The standard InChI is InChI=1S/C13H18O2Si/c1-16(2,3)11-8-12-4-6-13(7-5-12)15-10-9-14/h4-7,14H,9-10H2,1-3H3. The van der Waals surface area contributed by atoms with E-state index in [9.17, 15) is 0 Å². The van der Waals surface area contributed by atoms with Crippen LogP contribution in [-0.2, 0) is 0 Å². The summed E-state index contributed by atoms with van der Waals surface area (Å²) in [6, 6.07) is 7.65. The Morgan fingerprint density at radius 1 is 1.19 bits per heavy atom. The fourth-order valence-electron chi connectivity index (χ4n) is 1.06. The van der Waals surface area contributed by atoms with Crippen LogP contribution >= 0.6 is 0 Å². The van der Waals surface area contributed by atoms with Gasteiger partial charge in [-0.25, -0.2) is 0 Å². The van der Waals surface area contributed by atoms with Crippen molar-refractivity contribution in [3.8, 4) is 17.2 Å². The predicted molar refractivity (Wildman–Crippen MR) is 69.2 cm³/mol. The van der Waals surface area contributed by atoms with E-state index in [2.05, 4.69) is 31.1 Å². The molecule has 0 saturated heterocycles. The summed E-state index contributed by atoms with van der Waals surface area (Å²) in [7, 11) is -1.30. The average molecular weight is 234 g/mol. The fourth-order valence-corrected chi connectivity index (χ4v) is 1.58. The molecule has 1 N–H and O–H groups in total. The minimum absolute atomic E-state index is 0.0389. The van der Waals surface area contributed by atoms with E-state index >= 15 is 0 Å². The summed E-state index contributed by atoms with van der Waals surface area (Å²) >= 11 is 0. The van der Waals surface area contributed by atoms with E-state index in [1.54, 1.807) is 0 Å². The van der Waals surface area contributed by atoms with Gasteiger partial charge in [0.25, 0.3) is 0 Å². The van der Waals surface area contributed by atoms with E-state index < -0.39 is 8.07 Å². The third-order valence-electron chi connectivity index (χ3n) is 1.80. The van der Waals surface area contributed by atoms with E-state index in [1.807, 2.05) is 24.3 Å². The van der Waals surface area contributed by atoms with Gasteiger partial charge in [0.1, 0.15) is 20.4 Å².